The maximum Gasteiger partial charge on any atom is 0.137 e. The number of hydrogen-bond acceptors (Lipinski definition) is 2. The lowest BCUT2D eigenvalue weighted by atomic mass is 10.1. The summed E-state index contributed by atoms with van der Waals surface area (Å²) in [4.78, 5) is 1.60. The van der Waals surface area contributed by atoms with E-state index in [0.717, 1.165) is 17.0 Å². The Kier molecular flexibility index (Phi) is 5.46. The molecule has 0 fully saturated rings. The van der Waals surface area contributed by atoms with Crippen LogP contribution in [0.25, 0.3) is 0 Å². The van der Waals surface area contributed by atoms with E-state index < -0.39 is 0 Å². The monoisotopic (exact) mass is 309 g/mol. The van der Waals surface area contributed by atoms with E-state index in [2.05, 4.69) is 5.32 Å². The molecule has 0 saturated heterocycles. The van der Waals surface area contributed by atoms with Gasteiger partial charge in [-0.3, -0.25) is 0 Å². The lowest BCUT2D eigenvalue weighted by molar-refractivity contribution is 0.572. The molecule has 0 amide bonds. The molecule has 1 nitrogen and oxygen atoms in total. The molecule has 2 aromatic carbocycles. The Bertz CT molecular complexity index is 571. The van der Waals surface area contributed by atoms with Gasteiger partial charge in [-0.15, -0.1) is 0 Å². The standard InChI is InChI=1S/C16H17ClFNS/c1-3-19-11(2)12-4-9-16(15(18)10-12)20-14-7-5-13(17)6-8-14/h4-11,19H,3H2,1-2H3. The van der Waals surface area contributed by atoms with Crippen LogP contribution in [0.1, 0.15) is 25.5 Å². The van der Waals surface area contributed by atoms with Crippen LogP contribution in [0.3, 0.4) is 0 Å². The highest BCUT2D eigenvalue weighted by atomic mass is 35.5. The van der Waals surface area contributed by atoms with E-state index >= 15 is 0 Å². The zero-order valence-electron chi connectivity index (χ0n) is 11.5. The quantitative estimate of drug-likeness (QED) is 0.804. The van der Waals surface area contributed by atoms with Gasteiger partial charge in [-0.25, -0.2) is 4.39 Å². The number of benzene rings is 2. The SMILES string of the molecule is CCNC(C)c1ccc(Sc2ccc(Cl)cc2)c(F)c1. The molecule has 0 aromatic heterocycles. The van der Waals surface area contributed by atoms with Crippen molar-refractivity contribution in [3.8, 4) is 0 Å². The fourth-order valence-corrected chi connectivity index (χ4v) is 2.87. The van der Waals surface area contributed by atoms with Crippen molar-refractivity contribution in [3.63, 3.8) is 0 Å². The predicted molar refractivity (Wildman–Crippen MR) is 84.1 cm³/mol. The van der Waals surface area contributed by atoms with Crippen molar-refractivity contribution in [2.24, 2.45) is 0 Å². The Morgan fingerprint density at radius 3 is 2.50 bits per heavy atom. The summed E-state index contributed by atoms with van der Waals surface area (Å²) in [7, 11) is 0. The highest BCUT2D eigenvalue weighted by molar-refractivity contribution is 7.99. The van der Waals surface area contributed by atoms with Gasteiger partial charge < -0.3 is 5.32 Å². The molecule has 0 radical (unpaired) electrons. The zero-order valence-corrected chi connectivity index (χ0v) is 13.1. The van der Waals surface area contributed by atoms with E-state index in [-0.39, 0.29) is 11.9 Å². The van der Waals surface area contributed by atoms with Crippen molar-refractivity contribution in [1.29, 1.82) is 0 Å². The van der Waals surface area contributed by atoms with Gasteiger partial charge in [0.25, 0.3) is 0 Å². The fraction of sp³-hybridized carbons (Fsp3) is 0.250. The van der Waals surface area contributed by atoms with E-state index in [1.165, 1.54) is 11.8 Å². The van der Waals surface area contributed by atoms with Crippen molar-refractivity contribution in [2.45, 2.75) is 29.7 Å². The van der Waals surface area contributed by atoms with Crippen molar-refractivity contribution >= 4 is 23.4 Å². The fourth-order valence-electron chi connectivity index (χ4n) is 1.92. The summed E-state index contributed by atoms with van der Waals surface area (Å²) in [6.07, 6.45) is 0. The topological polar surface area (TPSA) is 12.0 Å². The number of halogens is 2. The molecule has 2 aromatic rings. The average Bonchev–Trinajstić information content (AvgIpc) is 2.43. The molecule has 20 heavy (non-hydrogen) atoms. The molecule has 0 spiro atoms. The van der Waals surface area contributed by atoms with E-state index in [1.807, 2.05) is 50.2 Å². The van der Waals surface area contributed by atoms with Gasteiger partial charge in [0.1, 0.15) is 5.82 Å². The first kappa shape index (κ1) is 15.4. The van der Waals surface area contributed by atoms with Gasteiger partial charge in [-0.05, 0) is 55.4 Å². The van der Waals surface area contributed by atoms with Crippen LogP contribution in [0.4, 0.5) is 4.39 Å². The molecule has 0 heterocycles. The van der Waals surface area contributed by atoms with Crippen LogP contribution < -0.4 is 5.32 Å². The summed E-state index contributed by atoms with van der Waals surface area (Å²) in [5.41, 5.74) is 0.963. The summed E-state index contributed by atoms with van der Waals surface area (Å²) in [6, 6.07) is 13.0. The maximum atomic E-state index is 14.1. The molecule has 1 N–H and O–H groups in total. The second kappa shape index (κ2) is 7.11. The Labute approximate surface area is 128 Å². The average molecular weight is 310 g/mol. The van der Waals surface area contributed by atoms with Crippen molar-refractivity contribution in [2.75, 3.05) is 6.54 Å². The van der Waals surface area contributed by atoms with Crippen LogP contribution in [0.15, 0.2) is 52.3 Å². The summed E-state index contributed by atoms with van der Waals surface area (Å²) in [5, 5.41) is 3.96. The third-order valence-electron chi connectivity index (χ3n) is 3.01. The molecule has 2 rings (SSSR count). The normalized spacial score (nSPS) is 12.4. The molecule has 4 heteroatoms. The zero-order chi connectivity index (χ0) is 14.5. The minimum Gasteiger partial charge on any atom is -0.310 e. The predicted octanol–water partition coefficient (Wildman–Crippen LogP) is 5.30. The van der Waals surface area contributed by atoms with Crippen LogP contribution in [0.5, 0.6) is 0 Å². The van der Waals surface area contributed by atoms with Crippen LogP contribution in [0, 0.1) is 5.82 Å². The lowest BCUT2D eigenvalue weighted by Crippen LogP contribution is -2.17. The second-order valence-corrected chi connectivity index (χ2v) is 6.08. The summed E-state index contributed by atoms with van der Waals surface area (Å²) in [5.74, 6) is -0.188. The van der Waals surface area contributed by atoms with Gasteiger partial charge in [-0.1, -0.05) is 36.4 Å². The van der Waals surface area contributed by atoms with Crippen molar-refractivity contribution in [1.82, 2.24) is 5.32 Å². The van der Waals surface area contributed by atoms with Gasteiger partial charge in [0, 0.05) is 20.9 Å². The number of hydrogen-bond donors (Lipinski definition) is 1. The van der Waals surface area contributed by atoms with E-state index in [9.17, 15) is 4.39 Å². The number of nitrogens with one attached hydrogen (secondary N) is 1. The minimum atomic E-state index is -0.188. The van der Waals surface area contributed by atoms with Gasteiger partial charge in [0.2, 0.25) is 0 Å². The molecule has 106 valence electrons. The molecule has 0 saturated carbocycles. The van der Waals surface area contributed by atoms with Crippen molar-refractivity contribution in [3.05, 3.63) is 58.9 Å². The van der Waals surface area contributed by atoms with Crippen LogP contribution >= 0.6 is 23.4 Å². The first-order valence-corrected chi connectivity index (χ1v) is 7.76. The third-order valence-corrected chi connectivity index (χ3v) is 4.32. The highest BCUT2D eigenvalue weighted by Gasteiger charge is 2.09. The van der Waals surface area contributed by atoms with Gasteiger partial charge in [-0.2, -0.15) is 0 Å². The van der Waals surface area contributed by atoms with E-state index in [0.29, 0.717) is 9.92 Å². The molecule has 0 aliphatic rings. The Morgan fingerprint density at radius 1 is 1.20 bits per heavy atom. The summed E-state index contributed by atoms with van der Waals surface area (Å²) < 4.78 is 14.1. The van der Waals surface area contributed by atoms with Gasteiger partial charge in [0.15, 0.2) is 0 Å². The first-order valence-electron chi connectivity index (χ1n) is 6.56. The Morgan fingerprint density at radius 2 is 1.90 bits per heavy atom. The maximum absolute atomic E-state index is 14.1. The molecule has 1 unspecified atom stereocenters. The van der Waals surface area contributed by atoms with E-state index in [4.69, 9.17) is 11.6 Å². The highest BCUT2D eigenvalue weighted by Crippen LogP contribution is 2.31. The smallest absolute Gasteiger partial charge is 0.137 e. The first-order chi connectivity index (χ1) is 9.60. The Balaban J connectivity index is 2.15. The molecular formula is C16H17ClFNS. The number of rotatable bonds is 5. The third kappa shape index (κ3) is 3.98. The summed E-state index contributed by atoms with van der Waals surface area (Å²) in [6.45, 7) is 4.94. The van der Waals surface area contributed by atoms with E-state index in [1.54, 1.807) is 6.07 Å². The Hall–Kier alpha value is -1.03. The van der Waals surface area contributed by atoms with Crippen molar-refractivity contribution < 1.29 is 4.39 Å². The van der Waals surface area contributed by atoms with Crippen LogP contribution in [-0.2, 0) is 0 Å². The lowest BCUT2D eigenvalue weighted by Gasteiger charge is -2.13. The molecule has 0 bridgehead atoms. The van der Waals surface area contributed by atoms with Gasteiger partial charge >= 0.3 is 0 Å². The van der Waals surface area contributed by atoms with Gasteiger partial charge in [0.05, 0.1) is 0 Å². The van der Waals surface area contributed by atoms with Crippen LogP contribution in [-0.4, -0.2) is 6.54 Å². The summed E-state index contributed by atoms with van der Waals surface area (Å²) >= 11 is 7.24. The minimum absolute atomic E-state index is 0.157. The van der Waals surface area contributed by atoms with Crippen LogP contribution in [0.2, 0.25) is 5.02 Å². The molecular weight excluding hydrogens is 293 g/mol. The second-order valence-electron chi connectivity index (χ2n) is 4.53. The largest absolute Gasteiger partial charge is 0.310 e. The molecule has 1 atom stereocenters. The molecule has 0 aliphatic carbocycles. The molecule has 0 aliphatic heterocycles.